The maximum Gasteiger partial charge on any atom is 0.164 e. The predicted octanol–water partition coefficient (Wildman–Crippen LogP) is 4.54. The summed E-state index contributed by atoms with van der Waals surface area (Å²) in [7, 11) is 1.64. The van der Waals surface area contributed by atoms with Gasteiger partial charge in [-0.1, -0.05) is 29.8 Å². The molecule has 0 aromatic heterocycles. The molecule has 2 aromatic carbocycles. The smallest absolute Gasteiger partial charge is 0.164 e. The van der Waals surface area contributed by atoms with Crippen LogP contribution in [-0.4, -0.2) is 37.4 Å². The monoisotopic (exact) mass is 347 g/mol. The summed E-state index contributed by atoms with van der Waals surface area (Å²) in [6.07, 6.45) is 1.68. The average Bonchev–Trinajstić information content (AvgIpc) is 2.98. The van der Waals surface area contributed by atoms with Gasteiger partial charge < -0.3 is 9.64 Å². The molecule has 1 aliphatic carbocycles. The average molecular weight is 347 g/mol. The van der Waals surface area contributed by atoms with Crippen LogP contribution < -0.4 is 4.74 Å². The van der Waals surface area contributed by atoms with Crippen LogP contribution in [0.5, 0.6) is 5.75 Å². The molecule has 0 radical (unpaired) electrons. The number of ether oxygens (including phenoxy) is 1. The summed E-state index contributed by atoms with van der Waals surface area (Å²) >= 11 is 0. The molecule has 0 amide bonds. The van der Waals surface area contributed by atoms with E-state index in [1.165, 1.54) is 16.7 Å². The topological polar surface area (TPSA) is 29.5 Å². The van der Waals surface area contributed by atoms with Crippen LogP contribution in [0, 0.1) is 0 Å². The van der Waals surface area contributed by atoms with E-state index in [2.05, 4.69) is 36.1 Å². The predicted molar refractivity (Wildman–Crippen MR) is 105 cm³/mol. The number of piperidine rings is 1. The van der Waals surface area contributed by atoms with Crippen molar-refractivity contribution in [1.29, 1.82) is 0 Å². The van der Waals surface area contributed by atoms with Crippen LogP contribution >= 0.6 is 0 Å². The summed E-state index contributed by atoms with van der Waals surface area (Å²) in [5.74, 6) is 1.50. The van der Waals surface area contributed by atoms with Crippen LogP contribution in [-0.2, 0) is 0 Å². The third kappa shape index (κ3) is 3.08. The van der Waals surface area contributed by atoms with Gasteiger partial charge in [-0.25, -0.2) is 0 Å². The number of hydrogen-bond acceptors (Lipinski definition) is 3. The summed E-state index contributed by atoms with van der Waals surface area (Å²) in [5, 5.41) is 0. The molecule has 0 saturated carbocycles. The Bertz CT molecular complexity index is 851. The van der Waals surface area contributed by atoms with Crippen molar-refractivity contribution in [2.45, 2.75) is 25.7 Å². The van der Waals surface area contributed by atoms with Gasteiger partial charge in [0.05, 0.1) is 7.11 Å². The van der Waals surface area contributed by atoms with Crippen molar-refractivity contribution in [3.63, 3.8) is 0 Å². The molecule has 2 aliphatic rings. The second-order valence-corrected chi connectivity index (χ2v) is 7.24. The molecule has 1 fully saturated rings. The number of carbonyl (C=O) groups excluding carboxylic acids is 1. The standard InChI is InChI=1S/C23H25NO2/c1-16-19-5-3-4-6-21(19)22-15-24(13-11-20(16)22)14-12-23(25)17-7-9-18(26-2)10-8-17/h3-10,22H,11-15H2,1-2H3. The Balaban J connectivity index is 1.39. The number of likely N-dealkylation sites (tertiary alicyclic amines) is 1. The first-order valence-electron chi connectivity index (χ1n) is 9.36. The maximum absolute atomic E-state index is 12.5. The van der Waals surface area contributed by atoms with Gasteiger partial charge in [-0.3, -0.25) is 4.79 Å². The van der Waals surface area contributed by atoms with Gasteiger partial charge in [-0.15, -0.1) is 0 Å². The Morgan fingerprint density at radius 1 is 1.15 bits per heavy atom. The molecular formula is C23H25NO2. The van der Waals surface area contributed by atoms with Crippen molar-refractivity contribution in [3.05, 3.63) is 70.8 Å². The van der Waals surface area contributed by atoms with Crippen molar-refractivity contribution in [2.75, 3.05) is 26.7 Å². The third-order valence-electron chi connectivity index (χ3n) is 5.85. The number of allylic oxidation sites excluding steroid dienone is 1. The molecule has 1 saturated heterocycles. The van der Waals surface area contributed by atoms with Crippen molar-refractivity contribution >= 4 is 11.4 Å². The molecule has 1 aliphatic heterocycles. The molecule has 2 aromatic rings. The summed E-state index contributed by atoms with van der Waals surface area (Å²) in [4.78, 5) is 14.9. The summed E-state index contributed by atoms with van der Waals surface area (Å²) < 4.78 is 5.16. The van der Waals surface area contributed by atoms with E-state index in [9.17, 15) is 4.79 Å². The number of nitrogens with zero attached hydrogens (tertiary/aromatic N) is 1. The largest absolute Gasteiger partial charge is 0.497 e. The highest BCUT2D eigenvalue weighted by atomic mass is 16.5. The van der Waals surface area contributed by atoms with Crippen LogP contribution in [0.15, 0.2) is 54.1 Å². The maximum atomic E-state index is 12.5. The fourth-order valence-electron chi connectivity index (χ4n) is 4.35. The van der Waals surface area contributed by atoms with E-state index in [1.807, 2.05) is 24.3 Å². The Morgan fingerprint density at radius 2 is 1.92 bits per heavy atom. The first-order valence-corrected chi connectivity index (χ1v) is 9.36. The van der Waals surface area contributed by atoms with Gasteiger partial charge in [0, 0.05) is 37.5 Å². The fourth-order valence-corrected chi connectivity index (χ4v) is 4.35. The Morgan fingerprint density at radius 3 is 2.69 bits per heavy atom. The van der Waals surface area contributed by atoms with Crippen molar-refractivity contribution in [2.24, 2.45) is 0 Å². The van der Waals surface area contributed by atoms with Crippen LogP contribution in [0.2, 0.25) is 0 Å². The van der Waals surface area contributed by atoms with Crippen molar-refractivity contribution in [1.82, 2.24) is 4.90 Å². The van der Waals surface area contributed by atoms with E-state index in [0.717, 1.165) is 37.4 Å². The summed E-state index contributed by atoms with van der Waals surface area (Å²) in [6, 6.07) is 16.2. The number of benzene rings is 2. The number of hydrogen-bond donors (Lipinski definition) is 0. The Labute approximate surface area is 155 Å². The summed E-state index contributed by atoms with van der Waals surface area (Å²) in [6.45, 7) is 5.17. The minimum Gasteiger partial charge on any atom is -0.497 e. The second-order valence-electron chi connectivity index (χ2n) is 7.24. The zero-order chi connectivity index (χ0) is 18.1. The first kappa shape index (κ1) is 17.0. The highest BCUT2D eigenvalue weighted by molar-refractivity contribution is 5.96. The fraction of sp³-hybridized carbons (Fsp3) is 0.348. The van der Waals surface area contributed by atoms with Gasteiger partial charge in [-0.05, 0) is 54.3 Å². The van der Waals surface area contributed by atoms with E-state index >= 15 is 0 Å². The third-order valence-corrected chi connectivity index (χ3v) is 5.85. The van der Waals surface area contributed by atoms with Crippen LogP contribution in [0.1, 0.15) is 47.2 Å². The van der Waals surface area contributed by atoms with E-state index in [-0.39, 0.29) is 5.78 Å². The second kappa shape index (κ2) is 7.08. The van der Waals surface area contributed by atoms with Gasteiger partial charge in [0.2, 0.25) is 0 Å². The number of rotatable bonds is 5. The van der Waals surface area contributed by atoms with Crippen molar-refractivity contribution in [3.8, 4) is 5.75 Å². The molecule has 4 rings (SSSR count). The zero-order valence-corrected chi connectivity index (χ0v) is 15.5. The minimum absolute atomic E-state index is 0.206. The Hall–Kier alpha value is -2.39. The minimum atomic E-state index is 0.206. The molecular weight excluding hydrogens is 322 g/mol. The lowest BCUT2D eigenvalue weighted by molar-refractivity contribution is 0.0960. The number of carbonyl (C=O) groups is 1. The SMILES string of the molecule is COc1ccc(C(=O)CCN2CCC3=C(C)c4ccccc4C3C2)cc1. The molecule has 3 heteroatoms. The van der Waals surface area contributed by atoms with E-state index in [1.54, 1.807) is 12.7 Å². The van der Waals surface area contributed by atoms with Gasteiger partial charge in [0.1, 0.15) is 5.75 Å². The van der Waals surface area contributed by atoms with Crippen LogP contribution in [0.25, 0.3) is 5.57 Å². The van der Waals surface area contributed by atoms with E-state index < -0.39 is 0 Å². The number of fused-ring (bicyclic) bond motifs is 3. The molecule has 26 heavy (non-hydrogen) atoms. The summed E-state index contributed by atoms with van der Waals surface area (Å²) in [5.41, 5.74) is 6.73. The number of Topliss-reactive ketones (excluding diaryl/α,β-unsaturated/α-hetero) is 1. The van der Waals surface area contributed by atoms with Crippen LogP contribution in [0.3, 0.4) is 0 Å². The van der Waals surface area contributed by atoms with Gasteiger partial charge in [0.25, 0.3) is 0 Å². The van der Waals surface area contributed by atoms with Gasteiger partial charge in [-0.2, -0.15) is 0 Å². The lowest BCUT2D eigenvalue weighted by atomic mass is 9.89. The first-order chi connectivity index (χ1) is 12.7. The van der Waals surface area contributed by atoms with Gasteiger partial charge >= 0.3 is 0 Å². The normalized spacial score (nSPS) is 19.2. The zero-order valence-electron chi connectivity index (χ0n) is 15.5. The molecule has 134 valence electrons. The molecule has 1 unspecified atom stereocenters. The van der Waals surface area contributed by atoms with Gasteiger partial charge in [0.15, 0.2) is 5.78 Å². The lowest BCUT2D eigenvalue weighted by Crippen LogP contribution is -2.36. The molecule has 1 atom stereocenters. The quantitative estimate of drug-likeness (QED) is 0.744. The number of ketones is 1. The Kier molecular flexibility index (Phi) is 4.64. The van der Waals surface area contributed by atoms with E-state index in [4.69, 9.17) is 4.74 Å². The molecule has 3 nitrogen and oxygen atoms in total. The molecule has 1 heterocycles. The molecule has 0 spiro atoms. The molecule has 0 bridgehead atoms. The molecule has 0 N–H and O–H groups in total. The lowest BCUT2D eigenvalue weighted by Gasteiger charge is -2.33. The number of methoxy groups -OCH3 is 1. The van der Waals surface area contributed by atoms with E-state index in [0.29, 0.717) is 12.3 Å². The highest BCUT2D eigenvalue weighted by Gasteiger charge is 2.33. The highest BCUT2D eigenvalue weighted by Crippen LogP contribution is 2.45. The van der Waals surface area contributed by atoms with Crippen LogP contribution in [0.4, 0.5) is 0 Å². The van der Waals surface area contributed by atoms with Crippen molar-refractivity contribution < 1.29 is 9.53 Å².